The lowest BCUT2D eigenvalue weighted by Gasteiger charge is -2.42. The lowest BCUT2D eigenvalue weighted by Crippen LogP contribution is -2.50. The number of aryl methyl sites for hydroxylation is 1. The van der Waals surface area contributed by atoms with Crippen LogP contribution in [0.4, 0.5) is 5.69 Å². The summed E-state index contributed by atoms with van der Waals surface area (Å²) in [4.78, 5) is 0. The van der Waals surface area contributed by atoms with Gasteiger partial charge in [0.1, 0.15) is 5.75 Å². The second-order valence-electron chi connectivity index (χ2n) is 7.27. The highest BCUT2D eigenvalue weighted by molar-refractivity contribution is 6.78. The first kappa shape index (κ1) is 16.4. The first-order chi connectivity index (χ1) is 9.87. The van der Waals surface area contributed by atoms with Gasteiger partial charge >= 0.3 is 0 Å². The Morgan fingerprint density at radius 2 is 1.62 bits per heavy atom. The maximum absolute atomic E-state index is 6.76. The molecule has 2 nitrogen and oxygen atoms in total. The van der Waals surface area contributed by atoms with Gasteiger partial charge in [-0.1, -0.05) is 41.5 Å². The van der Waals surface area contributed by atoms with Crippen LogP contribution in [0.2, 0.25) is 16.6 Å². The van der Waals surface area contributed by atoms with Crippen molar-refractivity contribution < 1.29 is 4.43 Å². The third-order valence-electron chi connectivity index (χ3n) is 5.02. The zero-order valence-corrected chi connectivity index (χ0v) is 15.5. The predicted octanol–water partition coefficient (Wildman–Crippen LogP) is 5.60. The van der Waals surface area contributed by atoms with E-state index in [4.69, 9.17) is 4.43 Å². The molecule has 0 radical (unpaired) electrons. The Balaban J connectivity index is 2.32. The topological polar surface area (TPSA) is 21.3 Å². The van der Waals surface area contributed by atoms with Gasteiger partial charge in [0.2, 0.25) is 0 Å². The molecule has 0 amide bonds. The second kappa shape index (κ2) is 6.43. The summed E-state index contributed by atoms with van der Waals surface area (Å²) >= 11 is 0. The van der Waals surface area contributed by atoms with Gasteiger partial charge in [-0.05, 0) is 53.2 Å². The Morgan fingerprint density at radius 3 is 2.19 bits per heavy atom. The van der Waals surface area contributed by atoms with Gasteiger partial charge in [-0.2, -0.15) is 0 Å². The monoisotopic (exact) mass is 305 g/mol. The highest BCUT2D eigenvalue weighted by atomic mass is 28.4. The molecule has 3 heteroatoms. The molecule has 1 heterocycles. The Morgan fingerprint density at radius 1 is 1.00 bits per heavy atom. The molecule has 0 spiro atoms. The van der Waals surface area contributed by atoms with Crippen LogP contribution < -0.4 is 9.74 Å². The molecule has 1 aromatic rings. The van der Waals surface area contributed by atoms with Crippen LogP contribution in [0.15, 0.2) is 18.2 Å². The van der Waals surface area contributed by atoms with E-state index in [0.717, 1.165) is 12.3 Å². The molecule has 1 N–H and O–H groups in total. The summed E-state index contributed by atoms with van der Waals surface area (Å²) < 4.78 is 6.76. The maximum Gasteiger partial charge on any atom is 0.258 e. The van der Waals surface area contributed by atoms with Crippen molar-refractivity contribution in [2.75, 3.05) is 11.9 Å². The number of rotatable bonds is 5. The van der Waals surface area contributed by atoms with E-state index < -0.39 is 8.32 Å². The molecule has 1 aromatic carbocycles. The fraction of sp³-hybridized carbons (Fsp3) is 0.667. The van der Waals surface area contributed by atoms with E-state index in [2.05, 4.69) is 65.1 Å². The van der Waals surface area contributed by atoms with Crippen LogP contribution in [0.3, 0.4) is 0 Å². The minimum Gasteiger partial charge on any atom is -0.543 e. The largest absolute Gasteiger partial charge is 0.543 e. The van der Waals surface area contributed by atoms with Crippen LogP contribution >= 0.6 is 0 Å². The molecule has 0 saturated heterocycles. The SMILES string of the molecule is CC(C)[Si](Oc1ccc2c(c1)CCCN2)(C(C)C)C(C)C. The van der Waals surface area contributed by atoms with Crippen molar-refractivity contribution in [1.29, 1.82) is 0 Å². The van der Waals surface area contributed by atoms with Gasteiger partial charge in [0.05, 0.1) is 0 Å². The Kier molecular flexibility index (Phi) is 5.02. The average molecular weight is 306 g/mol. The van der Waals surface area contributed by atoms with Gasteiger partial charge < -0.3 is 9.74 Å². The van der Waals surface area contributed by atoms with Crippen LogP contribution in [-0.4, -0.2) is 14.9 Å². The second-order valence-corrected chi connectivity index (χ2v) is 12.6. The smallest absolute Gasteiger partial charge is 0.258 e. The molecule has 1 aliphatic rings. The van der Waals surface area contributed by atoms with Gasteiger partial charge in [0, 0.05) is 12.2 Å². The Hall–Kier alpha value is -0.963. The molecule has 0 bridgehead atoms. The summed E-state index contributed by atoms with van der Waals surface area (Å²) in [7, 11) is -1.83. The molecule has 0 saturated carbocycles. The highest BCUT2D eigenvalue weighted by Gasteiger charge is 2.47. The van der Waals surface area contributed by atoms with E-state index in [-0.39, 0.29) is 0 Å². The number of hydrogen-bond acceptors (Lipinski definition) is 2. The molecule has 118 valence electrons. The van der Waals surface area contributed by atoms with Crippen molar-refractivity contribution in [1.82, 2.24) is 0 Å². The van der Waals surface area contributed by atoms with Crippen molar-refractivity contribution in [2.24, 2.45) is 0 Å². The van der Waals surface area contributed by atoms with Gasteiger partial charge in [-0.15, -0.1) is 0 Å². The van der Waals surface area contributed by atoms with Crippen LogP contribution in [-0.2, 0) is 6.42 Å². The van der Waals surface area contributed by atoms with E-state index in [1.54, 1.807) is 0 Å². The van der Waals surface area contributed by atoms with Gasteiger partial charge in [0.15, 0.2) is 0 Å². The van der Waals surface area contributed by atoms with Gasteiger partial charge in [-0.25, -0.2) is 0 Å². The van der Waals surface area contributed by atoms with Crippen LogP contribution in [0, 0.1) is 0 Å². The summed E-state index contributed by atoms with van der Waals surface area (Å²) in [6.07, 6.45) is 2.39. The summed E-state index contributed by atoms with van der Waals surface area (Å²) in [5, 5.41) is 3.48. The number of nitrogens with one attached hydrogen (secondary N) is 1. The number of hydrogen-bond donors (Lipinski definition) is 1. The predicted molar refractivity (Wildman–Crippen MR) is 94.9 cm³/mol. The molecule has 0 atom stereocenters. The van der Waals surface area contributed by atoms with E-state index in [1.165, 1.54) is 24.1 Å². The Labute approximate surface area is 131 Å². The van der Waals surface area contributed by atoms with E-state index >= 15 is 0 Å². The average Bonchev–Trinajstić information content (AvgIpc) is 2.43. The summed E-state index contributed by atoms with van der Waals surface area (Å²) in [5.41, 5.74) is 4.56. The fourth-order valence-electron chi connectivity index (χ4n) is 4.07. The molecular weight excluding hydrogens is 274 g/mol. The summed E-state index contributed by atoms with van der Waals surface area (Å²) in [5.74, 6) is 1.08. The van der Waals surface area contributed by atoms with E-state index in [0.29, 0.717) is 16.6 Å². The van der Waals surface area contributed by atoms with Crippen molar-refractivity contribution in [2.45, 2.75) is 71.0 Å². The highest BCUT2D eigenvalue weighted by Crippen LogP contribution is 2.43. The molecule has 2 rings (SSSR count). The van der Waals surface area contributed by atoms with Crippen molar-refractivity contribution in [3.8, 4) is 5.75 Å². The molecule has 0 unspecified atom stereocenters. The van der Waals surface area contributed by atoms with Crippen molar-refractivity contribution in [3.05, 3.63) is 23.8 Å². The number of anilines is 1. The standard InChI is InChI=1S/C18H31NOSi/c1-13(2)21(14(3)4,15(5)6)20-17-9-10-18-16(12-17)8-7-11-19-18/h9-10,12-15,19H,7-8,11H2,1-6H3. The molecule has 0 aliphatic carbocycles. The number of benzene rings is 1. The van der Waals surface area contributed by atoms with E-state index in [1.807, 2.05) is 0 Å². The summed E-state index contributed by atoms with van der Waals surface area (Å²) in [6.45, 7) is 15.1. The van der Waals surface area contributed by atoms with Crippen molar-refractivity contribution >= 4 is 14.0 Å². The molecule has 21 heavy (non-hydrogen) atoms. The minimum atomic E-state index is -1.83. The number of fused-ring (bicyclic) bond motifs is 1. The molecule has 0 fully saturated rings. The van der Waals surface area contributed by atoms with Gasteiger partial charge in [0.25, 0.3) is 8.32 Å². The van der Waals surface area contributed by atoms with Crippen LogP contribution in [0.5, 0.6) is 5.75 Å². The zero-order chi connectivity index (χ0) is 15.6. The molecular formula is C18H31NOSi. The minimum absolute atomic E-state index is 0.617. The zero-order valence-electron chi connectivity index (χ0n) is 14.5. The third kappa shape index (κ3) is 3.13. The Bertz CT molecular complexity index is 460. The van der Waals surface area contributed by atoms with Gasteiger partial charge in [-0.3, -0.25) is 0 Å². The maximum atomic E-state index is 6.76. The third-order valence-corrected chi connectivity index (χ3v) is 11.0. The van der Waals surface area contributed by atoms with E-state index in [9.17, 15) is 0 Å². The van der Waals surface area contributed by atoms with Crippen LogP contribution in [0.25, 0.3) is 0 Å². The van der Waals surface area contributed by atoms with Crippen LogP contribution in [0.1, 0.15) is 53.5 Å². The lowest BCUT2D eigenvalue weighted by atomic mass is 10.0. The summed E-state index contributed by atoms with van der Waals surface area (Å²) in [6, 6.07) is 6.63. The molecule has 0 aromatic heterocycles. The first-order valence-corrected chi connectivity index (χ1v) is 10.6. The quantitative estimate of drug-likeness (QED) is 0.715. The normalized spacial score (nSPS) is 15.3. The molecule has 1 aliphatic heterocycles. The fourth-order valence-corrected chi connectivity index (χ4v) is 9.31. The van der Waals surface area contributed by atoms with Crippen molar-refractivity contribution in [3.63, 3.8) is 0 Å². The first-order valence-electron chi connectivity index (χ1n) is 8.43. The lowest BCUT2D eigenvalue weighted by molar-refractivity contribution is 0.479.